The molecule has 0 saturated carbocycles. The predicted octanol–water partition coefficient (Wildman–Crippen LogP) is 1.33. The van der Waals surface area contributed by atoms with Gasteiger partial charge in [0.2, 0.25) is 5.82 Å². The molecule has 1 amide bonds. The summed E-state index contributed by atoms with van der Waals surface area (Å²) < 4.78 is 0. The van der Waals surface area contributed by atoms with Crippen LogP contribution in [0.2, 0.25) is 0 Å². The maximum atomic E-state index is 11.9. The smallest absolute Gasteiger partial charge is 0.303 e. The highest BCUT2D eigenvalue weighted by atomic mass is 16.4. The van der Waals surface area contributed by atoms with Gasteiger partial charge in [0.05, 0.1) is 0 Å². The van der Waals surface area contributed by atoms with Crippen LogP contribution in [0.25, 0.3) is 0 Å². The highest BCUT2D eigenvalue weighted by Crippen LogP contribution is 2.17. The summed E-state index contributed by atoms with van der Waals surface area (Å²) in [6.45, 7) is 8.23. The van der Waals surface area contributed by atoms with Crippen molar-refractivity contribution in [2.75, 3.05) is 6.54 Å². The lowest BCUT2D eigenvalue weighted by Crippen LogP contribution is -2.29. The zero-order valence-corrected chi connectivity index (χ0v) is 12.4. The predicted molar refractivity (Wildman–Crippen MR) is 73.4 cm³/mol. The first-order valence-corrected chi connectivity index (χ1v) is 6.63. The van der Waals surface area contributed by atoms with Crippen LogP contribution in [0.1, 0.15) is 57.0 Å². The minimum absolute atomic E-state index is 0.0936. The van der Waals surface area contributed by atoms with Gasteiger partial charge >= 0.3 is 5.97 Å². The van der Waals surface area contributed by atoms with Gasteiger partial charge in [-0.1, -0.05) is 27.7 Å². The number of aromatic amines is 1. The van der Waals surface area contributed by atoms with Gasteiger partial charge in [-0.15, -0.1) is 5.10 Å². The number of carboxylic acids is 1. The van der Waals surface area contributed by atoms with Crippen LogP contribution in [0, 0.1) is 5.92 Å². The fourth-order valence-electron chi connectivity index (χ4n) is 1.52. The van der Waals surface area contributed by atoms with Crippen LogP contribution in [-0.2, 0) is 10.2 Å². The van der Waals surface area contributed by atoms with Crippen molar-refractivity contribution in [2.24, 2.45) is 5.92 Å². The summed E-state index contributed by atoms with van der Waals surface area (Å²) in [6.07, 6.45) is 0.628. The number of nitrogens with one attached hydrogen (secondary N) is 2. The van der Waals surface area contributed by atoms with Crippen molar-refractivity contribution >= 4 is 11.9 Å². The van der Waals surface area contributed by atoms with E-state index in [1.165, 1.54) is 0 Å². The number of hydrogen-bond donors (Lipinski definition) is 3. The lowest BCUT2D eigenvalue weighted by molar-refractivity contribution is -0.137. The summed E-state index contributed by atoms with van der Waals surface area (Å²) in [5.74, 6) is -0.316. The Kier molecular flexibility index (Phi) is 5.24. The molecule has 0 aromatic carbocycles. The van der Waals surface area contributed by atoms with E-state index in [2.05, 4.69) is 20.5 Å². The number of carbonyl (C=O) groups excluding carboxylic acids is 1. The molecule has 1 heterocycles. The average Bonchev–Trinajstić information content (AvgIpc) is 2.82. The molecule has 1 aromatic heterocycles. The SMILES string of the molecule is CC(CCC(=O)O)CNC(=O)c1n[nH]c(C(C)(C)C)n1. The number of aromatic nitrogens is 3. The second kappa shape index (κ2) is 6.49. The topological polar surface area (TPSA) is 108 Å². The Balaban J connectivity index is 2.47. The van der Waals surface area contributed by atoms with E-state index in [9.17, 15) is 9.59 Å². The molecule has 0 saturated heterocycles. The van der Waals surface area contributed by atoms with Gasteiger partial charge in [0.25, 0.3) is 5.91 Å². The largest absolute Gasteiger partial charge is 0.481 e. The Hall–Kier alpha value is -1.92. The Morgan fingerprint density at radius 1 is 1.40 bits per heavy atom. The molecule has 7 nitrogen and oxygen atoms in total. The number of aliphatic carboxylic acids is 1. The van der Waals surface area contributed by atoms with Gasteiger partial charge in [-0.05, 0) is 12.3 Å². The molecular weight excluding hydrogens is 260 g/mol. The minimum Gasteiger partial charge on any atom is -0.481 e. The second-order valence-electron chi connectivity index (χ2n) is 6.01. The molecule has 0 bridgehead atoms. The summed E-state index contributed by atoms with van der Waals surface area (Å²) in [6, 6.07) is 0. The third-order valence-corrected chi connectivity index (χ3v) is 2.86. The average molecular weight is 282 g/mol. The van der Waals surface area contributed by atoms with E-state index in [4.69, 9.17) is 5.11 Å². The van der Waals surface area contributed by atoms with Crippen molar-refractivity contribution in [1.82, 2.24) is 20.5 Å². The van der Waals surface area contributed by atoms with Crippen molar-refractivity contribution in [3.8, 4) is 0 Å². The molecule has 0 radical (unpaired) electrons. The Bertz CT molecular complexity index is 476. The van der Waals surface area contributed by atoms with Crippen LogP contribution in [0.15, 0.2) is 0 Å². The van der Waals surface area contributed by atoms with E-state index in [1.54, 1.807) is 0 Å². The first-order chi connectivity index (χ1) is 9.20. The van der Waals surface area contributed by atoms with Gasteiger partial charge in [0.15, 0.2) is 0 Å². The Morgan fingerprint density at radius 2 is 2.05 bits per heavy atom. The van der Waals surface area contributed by atoms with Crippen LogP contribution in [-0.4, -0.2) is 38.7 Å². The van der Waals surface area contributed by atoms with Gasteiger partial charge in [0.1, 0.15) is 5.82 Å². The monoisotopic (exact) mass is 282 g/mol. The van der Waals surface area contributed by atoms with E-state index >= 15 is 0 Å². The molecule has 0 aliphatic heterocycles. The fraction of sp³-hybridized carbons (Fsp3) is 0.692. The molecule has 0 aliphatic rings. The van der Waals surface area contributed by atoms with Gasteiger partial charge in [-0.2, -0.15) is 0 Å². The van der Waals surface area contributed by atoms with Gasteiger partial charge < -0.3 is 10.4 Å². The molecule has 112 valence electrons. The van der Waals surface area contributed by atoms with Gasteiger partial charge in [-0.3, -0.25) is 14.7 Å². The molecule has 3 N–H and O–H groups in total. The molecule has 20 heavy (non-hydrogen) atoms. The molecule has 1 rings (SSSR count). The maximum absolute atomic E-state index is 11.9. The zero-order valence-electron chi connectivity index (χ0n) is 12.4. The number of nitrogens with zero attached hydrogens (tertiary/aromatic N) is 2. The standard InChI is InChI=1S/C13H22N4O3/c1-8(5-6-9(18)19)7-14-11(20)10-15-12(17-16-10)13(2,3)4/h8H,5-7H2,1-4H3,(H,14,20)(H,18,19)(H,15,16,17). The van der Waals surface area contributed by atoms with Crippen LogP contribution < -0.4 is 5.32 Å². The first-order valence-electron chi connectivity index (χ1n) is 6.63. The van der Waals surface area contributed by atoms with Gasteiger partial charge in [-0.25, -0.2) is 4.98 Å². The zero-order chi connectivity index (χ0) is 15.3. The third-order valence-electron chi connectivity index (χ3n) is 2.86. The summed E-state index contributed by atoms with van der Waals surface area (Å²) in [5, 5.41) is 17.9. The van der Waals surface area contributed by atoms with Crippen LogP contribution >= 0.6 is 0 Å². The van der Waals surface area contributed by atoms with E-state index in [0.29, 0.717) is 18.8 Å². The molecular formula is C13H22N4O3. The van der Waals surface area contributed by atoms with Crippen molar-refractivity contribution < 1.29 is 14.7 Å². The van der Waals surface area contributed by atoms with E-state index in [0.717, 1.165) is 0 Å². The van der Waals surface area contributed by atoms with E-state index in [-0.39, 0.29) is 29.5 Å². The van der Waals surface area contributed by atoms with E-state index in [1.807, 2.05) is 27.7 Å². The molecule has 1 aromatic rings. The summed E-state index contributed by atoms with van der Waals surface area (Å²) in [4.78, 5) is 26.5. The lowest BCUT2D eigenvalue weighted by atomic mass is 9.96. The van der Waals surface area contributed by atoms with Crippen molar-refractivity contribution in [3.63, 3.8) is 0 Å². The van der Waals surface area contributed by atoms with Crippen LogP contribution in [0.5, 0.6) is 0 Å². The molecule has 0 spiro atoms. The fourth-order valence-corrected chi connectivity index (χ4v) is 1.52. The highest BCUT2D eigenvalue weighted by Gasteiger charge is 2.21. The number of carboxylic acid groups (broad SMARTS) is 1. The van der Waals surface area contributed by atoms with Gasteiger partial charge in [0, 0.05) is 18.4 Å². The van der Waals surface area contributed by atoms with Crippen molar-refractivity contribution in [1.29, 1.82) is 0 Å². The summed E-state index contributed by atoms with van der Waals surface area (Å²) in [7, 11) is 0. The number of rotatable bonds is 6. The third kappa shape index (κ3) is 4.99. The van der Waals surface area contributed by atoms with Crippen molar-refractivity contribution in [2.45, 2.75) is 46.0 Å². The number of hydrogen-bond acceptors (Lipinski definition) is 4. The minimum atomic E-state index is -0.827. The molecule has 1 unspecified atom stereocenters. The maximum Gasteiger partial charge on any atom is 0.303 e. The molecule has 0 aliphatic carbocycles. The number of carbonyl (C=O) groups is 2. The molecule has 1 atom stereocenters. The summed E-state index contributed by atoms with van der Waals surface area (Å²) in [5.41, 5.74) is -0.194. The van der Waals surface area contributed by atoms with Crippen molar-refractivity contribution in [3.05, 3.63) is 11.6 Å². The highest BCUT2D eigenvalue weighted by molar-refractivity contribution is 5.90. The summed E-state index contributed by atoms with van der Waals surface area (Å²) >= 11 is 0. The Morgan fingerprint density at radius 3 is 2.55 bits per heavy atom. The molecule has 7 heteroatoms. The quantitative estimate of drug-likeness (QED) is 0.729. The molecule has 0 fully saturated rings. The number of H-pyrrole nitrogens is 1. The lowest BCUT2D eigenvalue weighted by Gasteiger charge is -2.13. The number of amides is 1. The Labute approximate surface area is 118 Å². The second-order valence-corrected chi connectivity index (χ2v) is 6.01. The first kappa shape index (κ1) is 16.1. The normalized spacial score (nSPS) is 13.0. The van der Waals surface area contributed by atoms with Crippen LogP contribution in [0.3, 0.4) is 0 Å². The van der Waals surface area contributed by atoms with E-state index < -0.39 is 5.97 Å². The van der Waals surface area contributed by atoms with Crippen LogP contribution in [0.4, 0.5) is 0 Å².